The molecule has 2 heteroatoms. The molecule has 1 atom stereocenters. The first kappa shape index (κ1) is 13.2. The standard InChI is InChI=1S/C14H23NO/c1-3-15-11-7-8-12-16-13(2)14-9-5-4-6-10-14/h4-6,9-10,13,15H,3,7-8,11-12H2,1-2H3. The van der Waals surface area contributed by atoms with Crippen LogP contribution < -0.4 is 5.32 Å². The van der Waals surface area contributed by atoms with Crippen molar-refractivity contribution in [1.29, 1.82) is 0 Å². The molecule has 0 heterocycles. The van der Waals surface area contributed by atoms with E-state index in [2.05, 4.69) is 43.4 Å². The normalized spacial score (nSPS) is 12.6. The Kier molecular flexibility index (Phi) is 6.86. The number of rotatable bonds is 8. The summed E-state index contributed by atoms with van der Waals surface area (Å²) >= 11 is 0. The highest BCUT2D eigenvalue weighted by atomic mass is 16.5. The van der Waals surface area contributed by atoms with E-state index >= 15 is 0 Å². The number of ether oxygens (including phenoxy) is 1. The quantitative estimate of drug-likeness (QED) is 0.681. The van der Waals surface area contributed by atoms with Crippen LogP contribution in [0.3, 0.4) is 0 Å². The monoisotopic (exact) mass is 221 g/mol. The van der Waals surface area contributed by atoms with Crippen LogP contribution in [0.2, 0.25) is 0 Å². The molecule has 1 aromatic rings. The lowest BCUT2D eigenvalue weighted by molar-refractivity contribution is 0.0631. The van der Waals surface area contributed by atoms with E-state index in [0.717, 1.165) is 26.1 Å². The minimum absolute atomic E-state index is 0.209. The van der Waals surface area contributed by atoms with Crippen LogP contribution in [0.1, 0.15) is 38.4 Å². The second-order valence-electron chi connectivity index (χ2n) is 3.98. The molecule has 16 heavy (non-hydrogen) atoms. The first-order chi connectivity index (χ1) is 7.84. The van der Waals surface area contributed by atoms with Gasteiger partial charge in [0.1, 0.15) is 0 Å². The Morgan fingerprint density at radius 2 is 1.94 bits per heavy atom. The molecule has 0 radical (unpaired) electrons. The number of benzene rings is 1. The van der Waals surface area contributed by atoms with E-state index in [1.807, 2.05) is 6.07 Å². The van der Waals surface area contributed by atoms with Gasteiger partial charge in [-0.1, -0.05) is 37.3 Å². The van der Waals surface area contributed by atoms with Gasteiger partial charge in [0.05, 0.1) is 6.10 Å². The smallest absolute Gasteiger partial charge is 0.0796 e. The predicted octanol–water partition coefficient (Wildman–Crippen LogP) is 3.15. The minimum atomic E-state index is 0.209. The Hall–Kier alpha value is -0.860. The van der Waals surface area contributed by atoms with Gasteiger partial charge in [-0.3, -0.25) is 0 Å². The van der Waals surface area contributed by atoms with Crippen molar-refractivity contribution in [3.8, 4) is 0 Å². The number of nitrogens with one attached hydrogen (secondary N) is 1. The molecule has 1 N–H and O–H groups in total. The molecule has 0 saturated heterocycles. The van der Waals surface area contributed by atoms with Gasteiger partial charge >= 0.3 is 0 Å². The van der Waals surface area contributed by atoms with Gasteiger partial charge in [-0.2, -0.15) is 0 Å². The summed E-state index contributed by atoms with van der Waals surface area (Å²) in [6, 6.07) is 10.4. The predicted molar refractivity (Wildman–Crippen MR) is 68.6 cm³/mol. The first-order valence-corrected chi connectivity index (χ1v) is 6.22. The third kappa shape index (κ3) is 5.29. The molecule has 0 aliphatic rings. The van der Waals surface area contributed by atoms with Crippen molar-refractivity contribution in [3.63, 3.8) is 0 Å². The van der Waals surface area contributed by atoms with Crippen molar-refractivity contribution in [2.45, 2.75) is 32.8 Å². The summed E-state index contributed by atoms with van der Waals surface area (Å²) in [4.78, 5) is 0. The van der Waals surface area contributed by atoms with E-state index in [9.17, 15) is 0 Å². The Morgan fingerprint density at radius 3 is 2.62 bits per heavy atom. The van der Waals surface area contributed by atoms with Gasteiger partial charge in [0.25, 0.3) is 0 Å². The molecule has 0 aromatic heterocycles. The Balaban J connectivity index is 2.09. The van der Waals surface area contributed by atoms with Crippen LogP contribution in [-0.2, 0) is 4.74 Å². The topological polar surface area (TPSA) is 21.3 Å². The van der Waals surface area contributed by atoms with E-state index in [1.165, 1.54) is 12.0 Å². The summed E-state index contributed by atoms with van der Waals surface area (Å²) < 4.78 is 5.78. The average Bonchev–Trinajstić information content (AvgIpc) is 2.34. The maximum absolute atomic E-state index is 5.78. The Bertz CT molecular complexity index is 261. The van der Waals surface area contributed by atoms with Crippen molar-refractivity contribution < 1.29 is 4.74 Å². The zero-order valence-corrected chi connectivity index (χ0v) is 10.4. The molecule has 2 nitrogen and oxygen atoms in total. The summed E-state index contributed by atoms with van der Waals surface area (Å²) in [7, 11) is 0. The fraction of sp³-hybridized carbons (Fsp3) is 0.571. The van der Waals surface area contributed by atoms with Crippen molar-refractivity contribution >= 4 is 0 Å². The fourth-order valence-electron chi connectivity index (χ4n) is 1.61. The third-order valence-corrected chi connectivity index (χ3v) is 2.63. The highest BCUT2D eigenvalue weighted by molar-refractivity contribution is 5.16. The van der Waals surface area contributed by atoms with Gasteiger partial charge < -0.3 is 10.1 Å². The fourth-order valence-corrected chi connectivity index (χ4v) is 1.61. The molecule has 0 spiro atoms. The molecule has 1 aromatic carbocycles. The number of unbranched alkanes of at least 4 members (excludes halogenated alkanes) is 1. The van der Waals surface area contributed by atoms with Gasteiger partial charge in [0.15, 0.2) is 0 Å². The highest BCUT2D eigenvalue weighted by Gasteiger charge is 2.03. The largest absolute Gasteiger partial charge is 0.374 e. The van der Waals surface area contributed by atoms with Crippen molar-refractivity contribution in [3.05, 3.63) is 35.9 Å². The third-order valence-electron chi connectivity index (χ3n) is 2.63. The van der Waals surface area contributed by atoms with Gasteiger partial charge in [0, 0.05) is 6.61 Å². The van der Waals surface area contributed by atoms with Gasteiger partial charge in [-0.05, 0) is 38.4 Å². The summed E-state index contributed by atoms with van der Waals surface area (Å²) in [6.07, 6.45) is 2.53. The van der Waals surface area contributed by atoms with Gasteiger partial charge in [-0.15, -0.1) is 0 Å². The maximum atomic E-state index is 5.78. The van der Waals surface area contributed by atoms with E-state index in [0.29, 0.717) is 0 Å². The van der Waals surface area contributed by atoms with Gasteiger partial charge in [0.2, 0.25) is 0 Å². The van der Waals surface area contributed by atoms with E-state index in [1.54, 1.807) is 0 Å². The van der Waals surface area contributed by atoms with Crippen molar-refractivity contribution in [1.82, 2.24) is 5.32 Å². The molecule has 0 amide bonds. The molecule has 0 saturated carbocycles. The molecule has 1 unspecified atom stereocenters. The van der Waals surface area contributed by atoms with Crippen LogP contribution >= 0.6 is 0 Å². The molecule has 1 rings (SSSR count). The zero-order valence-electron chi connectivity index (χ0n) is 10.4. The van der Waals surface area contributed by atoms with E-state index in [-0.39, 0.29) is 6.10 Å². The lowest BCUT2D eigenvalue weighted by Gasteiger charge is -2.13. The molecular weight excluding hydrogens is 198 g/mol. The first-order valence-electron chi connectivity index (χ1n) is 6.22. The zero-order chi connectivity index (χ0) is 11.6. The summed E-state index contributed by atoms with van der Waals surface area (Å²) in [5.41, 5.74) is 1.26. The van der Waals surface area contributed by atoms with Crippen LogP contribution in [0.5, 0.6) is 0 Å². The van der Waals surface area contributed by atoms with Crippen LogP contribution in [0.15, 0.2) is 30.3 Å². The number of hydrogen-bond donors (Lipinski definition) is 1. The molecule has 0 bridgehead atoms. The van der Waals surface area contributed by atoms with Crippen molar-refractivity contribution in [2.75, 3.05) is 19.7 Å². The average molecular weight is 221 g/mol. The molecule has 0 aliphatic heterocycles. The van der Waals surface area contributed by atoms with E-state index < -0.39 is 0 Å². The van der Waals surface area contributed by atoms with E-state index in [4.69, 9.17) is 4.74 Å². The minimum Gasteiger partial charge on any atom is -0.374 e. The van der Waals surface area contributed by atoms with Crippen molar-refractivity contribution in [2.24, 2.45) is 0 Å². The Labute approximate surface area is 99.0 Å². The second-order valence-corrected chi connectivity index (χ2v) is 3.98. The second kappa shape index (κ2) is 8.31. The van der Waals surface area contributed by atoms with Crippen LogP contribution in [0.4, 0.5) is 0 Å². The molecule has 90 valence electrons. The molecular formula is C14H23NO. The summed E-state index contributed by atoms with van der Waals surface area (Å²) in [6.45, 7) is 7.25. The Morgan fingerprint density at radius 1 is 1.19 bits per heavy atom. The summed E-state index contributed by atoms with van der Waals surface area (Å²) in [5, 5.41) is 3.31. The SMILES string of the molecule is CCNCCCCOC(C)c1ccccc1. The lowest BCUT2D eigenvalue weighted by Crippen LogP contribution is -2.14. The van der Waals surface area contributed by atoms with Crippen LogP contribution in [0.25, 0.3) is 0 Å². The molecule has 0 fully saturated rings. The van der Waals surface area contributed by atoms with Gasteiger partial charge in [-0.25, -0.2) is 0 Å². The lowest BCUT2D eigenvalue weighted by atomic mass is 10.1. The molecule has 0 aliphatic carbocycles. The summed E-state index contributed by atoms with van der Waals surface area (Å²) in [5.74, 6) is 0. The highest BCUT2D eigenvalue weighted by Crippen LogP contribution is 2.15. The number of hydrogen-bond acceptors (Lipinski definition) is 2. The van der Waals surface area contributed by atoms with Crippen LogP contribution in [-0.4, -0.2) is 19.7 Å². The van der Waals surface area contributed by atoms with Crippen LogP contribution in [0, 0.1) is 0 Å². The maximum Gasteiger partial charge on any atom is 0.0796 e.